The Labute approximate surface area is 170 Å². The molecule has 24 nitrogen and oxygen atoms in total. The molecule has 0 atom stereocenters. The van der Waals surface area contributed by atoms with Crippen molar-refractivity contribution in [1.29, 1.82) is 0 Å². The molecule has 0 heterocycles. The first kappa shape index (κ1) is 48.9. The second-order valence-corrected chi connectivity index (χ2v) is 9.24. The number of hydrogen-bond acceptors (Lipinski definition) is 6. The van der Waals surface area contributed by atoms with Gasteiger partial charge in [0.05, 0.1) is 0 Å². The standard InChI is InChI=1S/CH4.6H3O4P/c;6*1-5(2,3)4/h1H4;6*(H3,1,2,3,4). The molecule has 30 heteroatoms. The van der Waals surface area contributed by atoms with Crippen LogP contribution in [0.4, 0.5) is 0 Å². The molecule has 0 aromatic heterocycles. The molecule has 200 valence electrons. The molecule has 0 aliphatic carbocycles. The van der Waals surface area contributed by atoms with Gasteiger partial charge in [-0.15, -0.1) is 0 Å². The van der Waals surface area contributed by atoms with E-state index in [1.165, 1.54) is 0 Å². The van der Waals surface area contributed by atoms with E-state index >= 15 is 0 Å². The average Bonchev–Trinajstić information content (AvgIpc) is 1.94. The third-order valence-electron chi connectivity index (χ3n) is 0. The molecule has 0 fully saturated rings. The zero-order chi connectivity index (χ0) is 27.0. The van der Waals surface area contributed by atoms with Gasteiger partial charge in [0.25, 0.3) is 0 Å². The molecular weight excluding hydrogens is 582 g/mol. The Bertz CT molecular complexity index is 460. The van der Waals surface area contributed by atoms with Gasteiger partial charge in [0.2, 0.25) is 0 Å². The zero-order valence-electron chi connectivity index (χ0n) is 13.2. The van der Waals surface area contributed by atoms with Crippen LogP contribution in [-0.4, -0.2) is 88.1 Å². The number of phosphoric acid groups is 6. The molecule has 31 heavy (non-hydrogen) atoms. The first-order valence-corrected chi connectivity index (χ1v) is 14.1. The van der Waals surface area contributed by atoms with Crippen molar-refractivity contribution in [3.63, 3.8) is 0 Å². The molecule has 0 radical (unpaired) electrons. The maximum atomic E-state index is 8.88. The van der Waals surface area contributed by atoms with Crippen molar-refractivity contribution < 1.29 is 115 Å². The summed E-state index contributed by atoms with van der Waals surface area (Å²) in [5.74, 6) is 0. The highest BCUT2D eigenvalue weighted by molar-refractivity contribution is 7.46. The lowest BCUT2D eigenvalue weighted by molar-refractivity contribution is 0.272. The van der Waals surface area contributed by atoms with Gasteiger partial charge in [-0.3, -0.25) is 0 Å². The lowest BCUT2D eigenvalue weighted by Crippen LogP contribution is -1.66. The Morgan fingerprint density at radius 3 is 0.226 bits per heavy atom. The van der Waals surface area contributed by atoms with Crippen molar-refractivity contribution in [2.75, 3.05) is 0 Å². The molecule has 0 bridgehead atoms. The molecule has 0 unspecified atom stereocenters. The van der Waals surface area contributed by atoms with Crippen molar-refractivity contribution in [2.24, 2.45) is 0 Å². The topological polar surface area (TPSA) is 467 Å². The summed E-state index contributed by atoms with van der Waals surface area (Å²) in [5.41, 5.74) is 0. The molecule has 0 rings (SSSR count). The van der Waals surface area contributed by atoms with E-state index in [-0.39, 0.29) is 7.43 Å². The van der Waals surface area contributed by atoms with Gasteiger partial charge < -0.3 is 88.1 Å². The van der Waals surface area contributed by atoms with Crippen molar-refractivity contribution in [3.8, 4) is 0 Å². The third kappa shape index (κ3) is 57800. The predicted octanol–water partition coefficient (Wildman–Crippen LogP) is -4.94. The van der Waals surface area contributed by atoms with Crippen LogP contribution in [0.5, 0.6) is 0 Å². The van der Waals surface area contributed by atoms with Gasteiger partial charge in [-0.25, -0.2) is 27.4 Å². The minimum atomic E-state index is -4.64. The van der Waals surface area contributed by atoms with E-state index in [4.69, 9.17) is 115 Å². The van der Waals surface area contributed by atoms with E-state index in [1.807, 2.05) is 0 Å². The maximum Gasteiger partial charge on any atom is 0.466 e. The van der Waals surface area contributed by atoms with Crippen LogP contribution < -0.4 is 0 Å². The van der Waals surface area contributed by atoms with Crippen LogP contribution in [0.15, 0.2) is 0 Å². The summed E-state index contributed by atoms with van der Waals surface area (Å²) in [5, 5.41) is 0. The largest absolute Gasteiger partial charge is 0.466 e. The van der Waals surface area contributed by atoms with Gasteiger partial charge in [0, 0.05) is 0 Å². The van der Waals surface area contributed by atoms with Gasteiger partial charge in [-0.2, -0.15) is 0 Å². The first-order chi connectivity index (χ1) is 12.0. The molecule has 0 amide bonds. The highest BCUT2D eigenvalue weighted by atomic mass is 31.2. The maximum absolute atomic E-state index is 8.88. The van der Waals surface area contributed by atoms with E-state index < -0.39 is 46.9 Å². The van der Waals surface area contributed by atoms with Gasteiger partial charge in [0.15, 0.2) is 0 Å². The summed E-state index contributed by atoms with van der Waals surface area (Å²) in [6.07, 6.45) is 0. The fourth-order valence-electron chi connectivity index (χ4n) is 0. The molecule has 18 N–H and O–H groups in total. The molecule has 0 aromatic rings. The molecule has 0 spiro atoms. The van der Waals surface area contributed by atoms with Crippen molar-refractivity contribution >= 4 is 46.9 Å². The van der Waals surface area contributed by atoms with E-state index in [0.717, 1.165) is 0 Å². The molecule has 0 saturated carbocycles. The van der Waals surface area contributed by atoms with E-state index in [0.29, 0.717) is 0 Å². The fourth-order valence-corrected chi connectivity index (χ4v) is 0. The van der Waals surface area contributed by atoms with E-state index in [2.05, 4.69) is 0 Å². The van der Waals surface area contributed by atoms with Crippen molar-refractivity contribution in [2.45, 2.75) is 7.43 Å². The van der Waals surface area contributed by atoms with E-state index in [9.17, 15) is 0 Å². The van der Waals surface area contributed by atoms with Gasteiger partial charge in [-0.1, -0.05) is 7.43 Å². The Balaban J connectivity index is -0.0000000443. The minimum absolute atomic E-state index is 0. The highest BCUT2D eigenvalue weighted by Gasteiger charge is 2.02. The summed E-state index contributed by atoms with van der Waals surface area (Å²) in [6, 6.07) is 0. The zero-order valence-corrected chi connectivity index (χ0v) is 18.5. The van der Waals surface area contributed by atoms with Crippen LogP contribution in [0.1, 0.15) is 7.43 Å². The summed E-state index contributed by atoms with van der Waals surface area (Å²) >= 11 is 0. The fraction of sp³-hybridized carbons (Fsp3) is 1.00. The molecule has 0 saturated heterocycles. The smallest absolute Gasteiger partial charge is 0.303 e. The lowest BCUT2D eigenvalue weighted by atomic mass is 12.0. The summed E-state index contributed by atoms with van der Waals surface area (Å²) < 4.78 is 53.3. The Morgan fingerprint density at radius 2 is 0.226 bits per heavy atom. The number of hydrogen-bond donors (Lipinski definition) is 18. The van der Waals surface area contributed by atoms with Gasteiger partial charge in [0.1, 0.15) is 0 Å². The summed E-state index contributed by atoms with van der Waals surface area (Å²) in [4.78, 5) is 129. The second-order valence-electron chi connectivity index (χ2n) is 3.08. The Hall–Kier alpha value is 0.660. The van der Waals surface area contributed by atoms with Crippen LogP contribution in [0.2, 0.25) is 0 Å². The summed E-state index contributed by atoms with van der Waals surface area (Å²) in [6.45, 7) is 0. The van der Waals surface area contributed by atoms with Crippen LogP contribution in [0.3, 0.4) is 0 Å². The third-order valence-corrected chi connectivity index (χ3v) is 0. The molecular formula is CH22O24P6. The minimum Gasteiger partial charge on any atom is -0.303 e. The first-order valence-electron chi connectivity index (χ1n) is 4.70. The Kier molecular flexibility index (Phi) is 31.7. The monoisotopic (exact) mass is 604 g/mol. The quantitative estimate of drug-likeness (QED) is 0.115. The SMILES string of the molecule is C.O=P(O)(O)O.O=P(O)(O)O.O=P(O)(O)O.O=P(O)(O)O.O=P(O)(O)O.O=P(O)(O)O. The predicted molar refractivity (Wildman–Crippen MR) is 92.3 cm³/mol. The lowest BCUT2D eigenvalue weighted by Gasteiger charge is -1.82. The van der Waals surface area contributed by atoms with Gasteiger partial charge in [-0.05, 0) is 0 Å². The van der Waals surface area contributed by atoms with E-state index in [1.54, 1.807) is 0 Å². The van der Waals surface area contributed by atoms with Crippen LogP contribution in [0, 0.1) is 0 Å². The van der Waals surface area contributed by atoms with Crippen LogP contribution in [-0.2, 0) is 27.4 Å². The number of rotatable bonds is 0. The highest BCUT2D eigenvalue weighted by Crippen LogP contribution is 2.27. The Morgan fingerprint density at radius 1 is 0.226 bits per heavy atom. The second kappa shape index (κ2) is 20.1. The molecule has 0 aliphatic heterocycles. The summed E-state index contributed by atoms with van der Waals surface area (Å²) in [7, 11) is -27.8. The van der Waals surface area contributed by atoms with Crippen molar-refractivity contribution in [1.82, 2.24) is 0 Å². The van der Waals surface area contributed by atoms with Crippen LogP contribution >= 0.6 is 46.9 Å². The normalized spacial score (nSPS) is 11.4. The average molecular weight is 604 g/mol. The van der Waals surface area contributed by atoms with Crippen molar-refractivity contribution in [3.05, 3.63) is 0 Å². The molecule has 0 aliphatic rings. The van der Waals surface area contributed by atoms with Crippen LogP contribution in [0.25, 0.3) is 0 Å². The molecule has 0 aromatic carbocycles. The van der Waals surface area contributed by atoms with Gasteiger partial charge >= 0.3 is 46.9 Å².